The molecule has 1 aromatic rings. The number of hydrogen-bond donors (Lipinski definition) is 0. The van der Waals surface area contributed by atoms with Crippen LogP contribution in [0.25, 0.3) is 0 Å². The summed E-state index contributed by atoms with van der Waals surface area (Å²) in [6.45, 7) is 4.36. The molecule has 0 saturated heterocycles. The molecule has 1 aromatic carbocycles. The highest BCUT2D eigenvalue weighted by atomic mass is 16.7. The summed E-state index contributed by atoms with van der Waals surface area (Å²) >= 11 is 0. The molecule has 0 aliphatic rings. The van der Waals surface area contributed by atoms with Crippen LogP contribution in [0.5, 0.6) is 17.2 Å². The number of methoxy groups -OCH3 is 2. The third kappa shape index (κ3) is 3.31. The van der Waals surface area contributed by atoms with Gasteiger partial charge in [-0.05, 0) is 26.0 Å². The molecule has 0 fully saturated rings. The second-order valence-electron chi connectivity index (χ2n) is 3.16. The van der Waals surface area contributed by atoms with E-state index in [1.165, 1.54) is 0 Å². The summed E-state index contributed by atoms with van der Waals surface area (Å²) in [7, 11) is 3.21. The lowest BCUT2D eigenvalue weighted by Crippen LogP contribution is -2.16. The van der Waals surface area contributed by atoms with Crippen LogP contribution in [0.15, 0.2) is 18.2 Å². The Kier molecular flexibility index (Phi) is 4.92. The molecule has 90 valence electrons. The van der Waals surface area contributed by atoms with Crippen LogP contribution in [0.2, 0.25) is 0 Å². The molecule has 1 rings (SSSR count). The first-order valence-electron chi connectivity index (χ1n) is 5.21. The Morgan fingerprint density at radius 1 is 1.12 bits per heavy atom. The summed E-state index contributed by atoms with van der Waals surface area (Å²) in [5, 5.41) is 0. The second kappa shape index (κ2) is 6.23. The normalized spacial score (nSPS) is 12.0. The zero-order valence-corrected chi connectivity index (χ0v) is 10.1. The van der Waals surface area contributed by atoms with E-state index in [0.29, 0.717) is 18.1 Å². The van der Waals surface area contributed by atoms with Crippen LogP contribution < -0.4 is 14.2 Å². The molecule has 0 unspecified atom stereocenters. The molecule has 0 aromatic heterocycles. The van der Waals surface area contributed by atoms with Gasteiger partial charge in [0.15, 0.2) is 17.8 Å². The van der Waals surface area contributed by atoms with Crippen LogP contribution in [-0.4, -0.2) is 27.1 Å². The van der Waals surface area contributed by atoms with Gasteiger partial charge in [0.1, 0.15) is 5.75 Å². The van der Waals surface area contributed by atoms with Gasteiger partial charge >= 0.3 is 0 Å². The highest BCUT2D eigenvalue weighted by Gasteiger charge is 2.10. The average Bonchev–Trinajstić information content (AvgIpc) is 2.29. The summed E-state index contributed by atoms with van der Waals surface area (Å²) in [6, 6.07) is 5.39. The lowest BCUT2D eigenvalue weighted by atomic mass is 10.3. The van der Waals surface area contributed by atoms with Crippen LogP contribution in [0.3, 0.4) is 0 Å². The Balaban J connectivity index is 2.82. The smallest absolute Gasteiger partial charge is 0.197 e. The van der Waals surface area contributed by atoms with Crippen molar-refractivity contribution in [1.82, 2.24) is 0 Å². The van der Waals surface area contributed by atoms with Gasteiger partial charge in [0.25, 0.3) is 0 Å². The van der Waals surface area contributed by atoms with E-state index in [0.717, 1.165) is 5.75 Å². The largest absolute Gasteiger partial charge is 0.497 e. The highest BCUT2D eigenvalue weighted by molar-refractivity contribution is 5.45. The fraction of sp³-hybridized carbons (Fsp3) is 0.500. The van der Waals surface area contributed by atoms with E-state index in [4.69, 9.17) is 18.9 Å². The fourth-order valence-corrected chi connectivity index (χ4v) is 1.32. The van der Waals surface area contributed by atoms with Crippen LogP contribution in [0.1, 0.15) is 13.8 Å². The lowest BCUT2D eigenvalue weighted by molar-refractivity contribution is -0.0624. The first-order valence-corrected chi connectivity index (χ1v) is 5.21. The maximum absolute atomic E-state index is 5.59. The van der Waals surface area contributed by atoms with Crippen molar-refractivity contribution in [2.75, 3.05) is 20.8 Å². The molecule has 0 spiro atoms. The van der Waals surface area contributed by atoms with E-state index in [1.54, 1.807) is 26.4 Å². The molecule has 0 saturated carbocycles. The summed E-state index contributed by atoms with van der Waals surface area (Å²) < 4.78 is 21.2. The van der Waals surface area contributed by atoms with Crippen molar-refractivity contribution in [2.24, 2.45) is 0 Å². The van der Waals surface area contributed by atoms with Gasteiger partial charge in [0.2, 0.25) is 0 Å². The number of hydrogen-bond acceptors (Lipinski definition) is 4. The van der Waals surface area contributed by atoms with E-state index >= 15 is 0 Å². The molecule has 1 atom stereocenters. The van der Waals surface area contributed by atoms with Gasteiger partial charge in [-0.15, -0.1) is 0 Å². The van der Waals surface area contributed by atoms with Crippen molar-refractivity contribution in [3.63, 3.8) is 0 Å². The van der Waals surface area contributed by atoms with Crippen molar-refractivity contribution in [1.29, 1.82) is 0 Å². The SMILES string of the molecule is CCO[C@@H](C)Oc1cc(OC)ccc1OC. The Hall–Kier alpha value is -1.42. The van der Waals surface area contributed by atoms with Gasteiger partial charge in [-0.3, -0.25) is 0 Å². The Bertz CT molecular complexity index is 325. The first kappa shape index (κ1) is 12.6. The van der Waals surface area contributed by atoms with E-state index in [2.05, 4.69) is 0 Å². The maximum atomic E-state index is 5.59. The first-order chi connectivity index (χ1) is 7.71. The monoisotopic (exact) mass is 226 g/mol. The van der Waals surface area contributed by atoms with Gasteiger partial charge in [-0.2, -0.15) is 0 Å². The topological polar surface area (TPSA) is 36.9 Å². The molecule has 0 aliphatic carbocycles. The lowest BCUT2D eigenvalue weighted by Gasteiger charge is -2.17. The molecule has 16 heavy (non-hydrogen) atoms. The molecule has 0 radical (unpaired) electrons. The number of benzene rings is 1. The van der Waals surface area contributed by atoms with Crippen LogP contribution in [-0.2, 0) is 4.74 Å². The molecule has 0 heterocycles. The van der Waals surface area contributed by atoms with Crippen molar-refractivity contribution in [3.8, 4) is 17.2 Å². The van der Waals surface area contributed by atoms with Gasteiger partial charge in [-0.1, -0.05) is 0 Å². The van der Waals surface area contributed by atoms with E-state index < -0.39 is 0 Å². The molecule has 0 N–H and O–H groups in total. The zero-order valence-electron chi connectivity index (χ0n) is 10.1. The Labute approximate surface area is 96.1 Å². The third-order valence-electron chi connectivity index (χ3n) is 2.07. The average molecular weight is 226 g/mol. The second-order valence-corrected chi connectivity index (χ2v) is 3.16. The minimum absolute atomic E-state index is 0.314. The maximum Gasteiger partial charge on any atom is 0.197 e. The van der Waals surface area contributed by atoms with Crippen molar-refractivity contribution < 1.29 is 18.9 Å². The summed E-state index contributed by atoms with van der Waals surface area (Å²) in [4.78, 5) is 0. The van der Waals surface area contributed by atoms with Gasteiger partial charge in [-0.25, -0.2) is 0 Å². The summed E-state index contributed by atoms with van der Waals surface area (Å²) in [6.07, 6.45) is -0.314. The summed E-state index contributed by atoms with van der Waals surface area (Å²) in [5.41, 5.74) is 0. The minimum atomic E-state index is -0.314. The van der Waals surface area contributed by atoms with Gasteiger partial charge in [0, 0.05) is 12.7 Å². The fourth-order valence-electron chi connectivity index (χ4n) is 1.32. The summed E-state index contributed by atoms with van der Waals surface area (Å²) in [5.74, 6) is 2.00. The van der Waals surface area contributed by atoms with Crippen molar-refractivity contribution in [2.45, 2.75) is 20.1 Å². The van der Waals surface area contributed by atoms with E-state index in [1.807, 2.05) is 19.9 Å². The predicted octanol–water partition coefficient (Wildman–Crippen LogP) is 2.47. The number of rotatable bonds is 6. The zero-order chi connectivity index (χ0) is 12.0. The predicted molar refractivity (Wildman–Crippen MR) is 61.3 cm³/mol. The van der Waals surface area contributed by atoms with Crippen molar-refractivity contribution in [3.05, 3.63) is 18.2 Å². The number of ether oxygens (including phenoxy) is 4. The van der Waals surface area contributed by atoms with Crippen LogP contribution in [0.4, 0.5) is 0 Å². The molecule has 4 heteroatoms. The van der Waals surface area contributed by atoms with Gasteiger partial charge in [0.05, 0.1) is 14.2 Å². The quantitative estimate of drug-likeness (QED) is 0.698. The van der Waals surface area contributed by atoms with Crippen LogP contribution >= 0.6 is 0 Å². The molecule has 0 amide bonds. The van der Waals surface area contributed by atoms with Crippen molar-refractivity contribution >= 4 is 0 Å². The standard InChI is InChI=1S/C12H18O4/c1-5-15-9(2)16-12-8-10(13-3)6-7-11(12)14-4/h6-9H,5H2,1-4H3/t9-/m1/s1. The molecular weight excluding hydrogens is 208 g/mol. The molecule has 4 nitrogen and oxygen atoms in total. The van der Waals surface area contributed by atoms with Crippen LogP contribution in [0, 0.1) is 0 Å². The third-order valence-corrected chi connectivity index (χ3v) is 2.07. The van der Waals surface area contributed by atoms with E-state index in [-0.39, 0.29) is 6.29 Å². The Morgan fingerprint density at radius 3 is 2.44 bits per heavy atom. The highest BCUT2D eigenvalue weighted by Crippen LogP contribution is 2.31. The Morgan fingerprint density at radius 2 is 1.88 bits per heavy atom. The minimum Gasteiger partial charge on any atom is -0.497 e. The van der Waals surface area contributed by atoms with E-state index in [9.17, 15) is 0 Å². The molecule has 0 bridgehead atoms. The molecule has 0 aliphatic heterocycles. The molecular formula is C12H18O4. The van der Waals surface area contributed by atoms with Gasteiger partial charge < -0.3 is 18.9 Å².